The topological polar surface area (TPSA) is 26.3 Å². The van der Waals surface area contributed by atoms with E-state index >= 15 is 0 Å². The van der Waals surface area contributed by atoms with Crippen LogP contribution in [0.1, 0.15) is 26.2 Å². The Morgan fingerprint density at radius 2 is 1.93 bits per heavy atom. The van der Waals surface area contributed by atoms with Gasteiger partial charge in [0.2, 0.25) is 0 Å². The van der Waals surface area contributed by atoms with Crippen LogP contribution >= 0.6 is 0 Å². The molecule has 0 spiro atoms. The molecule has 0 radical (unpaired) electrons. The lowest BCUT2D eigenvalue weighted by atomic mass is 10.0. The highest BCUT2D eigenvalue weighted by atomic mass is 16.5. The van der Waals surface area contributed by atoms with Crippen LogP contribution in [0.5, 0.6) is 0 Å². The molecule has 0 amide bonds. The fourth-order valence-corrected chi connectivity index (χ4v) is 1.96. The van der Waals surface area contributed by atoms with Gasteiger partial charge in [0.15, 0.2) is 0 Å². The minimum absolute atomic E-state index is 0.250. The summed E-state index contributed by atoms with van der Waals surface area (Å²) < 4.78 is 4.54. The fraction of sp³-hybridized carbons (Fsp3) is 0.583. The van der Waals surface area contributed by atoms with Crippen molar-refractivity contribution >= 4 is 5.97 Å². The molecule has 2 heteroatoms. The summed E-state index contributed by atoms with van der Waals surface area (Å²) in [6.07, 6.45) is 11.5. The van der Waals surface area contributed by atoms with Gasteiger partial charge in [-0.15, -0.1) is 0 Å². The molecular formula is C12H18O2. The van der Waals surface area contributed by atoms with Crippen LogP contribution in [0.4, 0.5) is 0 Å². The Bertz CT molecular complexity index is 241. The van der Waals surface area contributed by atoms with E-state index in [1.165, 1.54) is 20.0 Å². The molecule has 0 aromatic rings. The maximum Gasteiger partial charge on any atom is 0.330 e. The number of esters is 1. The van der Waals surface area contributed by atoms with Crippen LogP contribution in [0.3, 0.4) is 0 Å². The Kier molecular flexibility index (Phi) is 4.44. The largest absolute Gasteiger partial charge is 0.466 e. The van der Waals surface area contributed by atoms with E-state index in [4.69, 9.17) is 0 Å². The first kappa shape index (κ1) is 11.0. The van der Waals surface area contributed by atoms with Crippen molar-refractivity contribution in [3.63, 3.8) is 0 Å². The summed E-state index contributed by atoms with van der Waals surface area (Å²) in [4.78, 5) is 10.9. The van der Waals surface area contributed by atoms with Gasteiger partial charge < -0.3 is 4.74 Å². The highest BCUT2D eigenvalue weighted by Gasteiger charge is 2.20. The number of hydrogen-bond acceptors (Lipinski definition) is 2. The van der Waals surface area contributed by atoms with Crippen LogP contribution in [0.2, 0.25) is 0 Å². The van der Waals surface area contributed by atoms with Crippen molar-refractivity contribution in [2.45, 2.75) is 26.2 Å². The lowest BCUT2D eigenvalue weighted by Gasteiger charge is -2.02. The molecular weight excluding hydrogens is 176 g/mol. The summed E-state index contributed by atoms with van der Waals surface area (Å²) in [6.45, 7) is 2.05. The van der Waals surface area contributed by atoms with E-state index < -0.39 is 0 Å². The predicted molar refractivity (Wildman–Crippen MR) is 56.8 cm³/mol. The maximum absolute atomic E-state index is 10.9. The number of allylic oxidation sites excluding steroid dienone is 3. The number of ether oxygens (including phenoxy) is 1. The lowest BCUT2D eigenvalue weighted by Crippen LogP contribution is -1.96. The third-order valence-corrected chi connectivity index (χ3v) is 2.68. The fourth-order valence-electron chi connectivity index (χ4n) is 1.96. The average molecular weight is 194 g/mol. The van der Waals surface area contributed by atoms with Gasteiger partial charge in [0.25, 0.3) is 0 Å². The number of hydrogen-bond donors (Lipinski definition) is 0. The third-order valence-electron chi connectivity index (χ3n) is 2.68. The van der Waals surface area contributed by atoms with E-state index in [2.05, 4.69) is 23.8 Å². The summed E-state index contributed by atoms with van der Waals surface area (Å²) in [6, 6.07) is 0. The zero-order valence-electron chi connectivity index (χ0n) is 8.90. The Balaban J connectivity index is 2.35. The maximum atomic E-state index is 10.9. The highest BCUT2D eigenvalue weighted by Crippen LogP contribution is 2.32. The first-order chi connectivity index (χ1) is 6.76. The summed E-state index contributed by atoms with van der Waals surface area (Å²) >= 11 is 0. The summed E-state index contributed by atoms with van der Waals surface area (Å²) in [5.74, 6) is 1.00. The molecule has 0 saturated heterocycles. The highest BCUT2D eigenvalue weighted by molar-refractivity contribution is 5.81. The Morgan fingerprint density at radius 3 is 2.50 bits per heavy atom. The Hall–Kier alpha value is -1.05. The second kappa shape index (κ2) is 5.63. The zero-order chi connectivity index (χ0) is 10.4. The quantitative estimate of drug-likeness (QED) is 0.392. The van der Waals surface area contributed by atoms with Gasteiger partial charge in [-0.3, -0.25) is 0 Å². The van der Waals surface area contributed by atoms with E-state index in [9.17, 15) is 4.79 Å². The van der Waals surface area contributed by atoms with Crippen LogP contribution in [0.25, 0.3) is 0 Å². The molecule has 0 bridgehead atoms. The van der Waals surface area contributed by atoms with Crippen LogP contribution in [0.15, 0.2) is 24.3 Å². The van der Waals surface area contributed by atoms with Crippen molar-refractivity contribution in [1.29, 1.82) is 0 Å². The minimum atomic E-state index is -0.250. The predicted octanol–water partition coefficient (Wildman–Crippen LogP) is 2.71. The normalized spacial score (nSPS) is 27.6. The van der Waals surface area contributed by atoms with Crippen molar-refractivity contribution in [3.8, 4) is 0 Å². The SMILES string of the molecule is C/C=C/C1CCC(/C=C/C(=O)OC)C1. The first-order valence-electron chi connectivity index (χ1n) is 5.15. The van der Waals surface area contributed by atoms with Crippen molar-refractivity contribution in [2.24, 2.45) is 11.8 Å². The van der Waals surface area contributed by atoms with Crippen LogP contribution in [-0.4, -0.2) is 13.1 Å². The van der Waals surface area contributed by atoms with Gasteiger partial charge in [-0.05, 0) is 38.0 Å². The molecule has 0 heterocycles. The molecule has 78 valence electrons. The zero-order valence-corrected chi connectivity index (χ0v) is 8.90. The summed E-state index contributed by atoms with van der Waals surface area (Å²) in [5, 5.41) is 0. The average Bonchev–Trinajstić information content (AvgIpc) is 2.63. The molecule has 1 aliphatic rings. The van der Waals surface area contributed by atoms with Crippen LogP contribution in [0, 0.1) is 11.8 Å². The molecule has 2 nitrogen and oxygen atoms in total. The first-order valence-corrected chi connectivity index (χ1v) is 5.15. The number of rotatable bonds is 3. The van der Waals surface area contributed by atoms with Crippen molar-refractivity contribution in [2.75, 3.05) is 7.11 Å². The molecule has 2 unspecified atom stereocenters. The molecule has 0 aromatic heterocycles. The standard InChI is InChI=1S/C12H18O2/c1-3-4-10-5-6-11(9-10)7-8-12(13)14-2/h3-4,7-8,10-11H,5-6,9H2,1-2H3/b4-3+,8-7+. The van der Waals surface area contributed by atoms with Crippen molar-refractivity contribution in [1.82, 2.24) is 0 Å². The lowest BCUT2D eigenvalue weighted by molar-refractivity contribution is -0.134. The van der Waals surface area contributed by atoms with E-state index in [1.54, 1.807) is 6.08 Å². The van der Waals surface area contributed by atoms with Gasteiger partial charge in [0, 0.05) is 6.08 Å². The molecule has 14 heavy (non-hydrogen) atoms. The smallest absolute Gasteiger partial charge is 0.330 e. The Labute approximate surface area is 85.6 Å². The molecule has 1 fully saturated rings. The van der Waals surface area contributed by atoms with Crippen LogP contribution < -0.4 is 0 Å². The summed E-state index contributed by atoms with van der Waals surface area (Å²) in [7, 11) is 1.41. The van der Waals surface area contributed by atoms with E-state index in [-0.39, 0.29) is 5.97 Å². The minimum Gasteiger partial charge on any atom is -0.466 e. The van der Waals surface area contributed by atoms with Gasteiger partial charge >= 0.3 is 5.97 Å². The molecule has 1 aliphatic carbocycles. The van der Waals surface area contributed by atoms with Gasteiger partial charge in [-0.1, -0.05) is 18.2 Å². The summed E-state index contributed by atoms with van der Waals surface area (Å²) in [5.41, 5.74) is 0. The number of carbonyl (C=O) groups excluding carboxylic acids is 1. The molecule has 0 aliphatic heterocycles. The van der Waals surface area contributed by atoms with Gasteiger partial charge in [-0.25, -0.2) is 4.79 Å². The molecule has 0 N–H and O–H groups in total. The van der Waals surface area contributed by atoms with Gasteiger partial charge in [-0.2, -0.15) is 0 Å². The van der Waals surface area contributed by atoms with Gasteiger partial charge in [0.1, 0.15) is 0 Å². The molecule has 1 saturated carbocycles. The van der Waals surface area contributed by atoms with E-state index in [0.717, 1.165) is 6.42 Å². The molecule has 1 rings (SSSR count). The van der Waals surface area contributed by atoms with E-state index in [0.29, 0.717) is 11.8 Å². The van der Waals surface area contributed by atoms with Crippen LogP contribution in [-0.2, 0) is 9.53 Å². The second-order valence-corrected chi connectivity index (χ2v) is 3.74. The molecule has 2 atom stereocenters. The van der Waals surface area contributed by atoms with Crippen molar-refractivity contribution in [3.05, 3.63) is 24.3 Å². The Morgan fingerprint density at radius 1 is 1.29 bits per heavy atom. The van der Waals surface area contributed by atoms with Gasteiger partial charge in [0.05, 0.1) is 7.11 Å². The third kappa shape index (κ3) is 3.36. The molecule has 0 aromatic carbocycles. The van der Waals surface area contributed by atoms with Crippen molar-refractivity contribution < 1.29 is 9.53 Å². The second-order valence-electron chi connectivity index (χ2n) is 3.74. The van der Waals surface area contributed by atoms with E-state index in [1.807, 2.05) is 6.08 Å². The monoisotopic (exact) mass is 194 g/mol. The number of carbonyl (C=O) groups is 1. The number of methoxy groups -OCH3 is 1.